The standard InChI is InChI=1S/C24H19F2N5O2/c1-12-4-6-14(33-3)9-15(12)23-16-8-13(5-7-19(16)29-30-23)28-24(32)21-18(25)10-20-17(22(21)26)11-27-31(20)2/h4-11H,1-3H3,(H,28,32)(H,29,30). The van der Waals surface area contributed by atoms with Crippen LogP contribution in [-0.2, 0) is 7.05 Å². The minimum absolute atomic E-state index is 0.0742. The van der Waals surface area contributed by atoms with Crippen LogP contribution >= 0.6 is 0 Å². The Morgan fingerprint density at radius 2 is 1.94 bits per heavy atom. The van der Waals surface area contributed by atoms with Crippen LogP contribution in [0.3, 0.4) is 0 Å². The van der Waals surface area contributed by atoms with Gasteiger partial charge in [-0.2, -0.15) is 10.2 Å². The number of ether oxygens (including phenoxy) is 1. The highest BCUT2D eigenvalue weighted by molar-refractivity contribution is 6.08. The number of amides is 1. The van der Waals surface area contributed by atoms with Crippen molar-refractivity contribution in [3.63, 3.8) is 0 Å². The van der Waals surface area contributed by atoms with E-state index in [9.17, 15) is 13.6 Å². The summed E-state index contributed by atoms with van der Waals surface area (Å²) >= 11 is 0. The average molecular weight is 447 g/mol. The van der Waals surface area contributed by atoms with Crippen molar-refractivity contribution in [2.45, 2.75) is 6.92 Å². The highest BCUT2D eigenvalue weighted by atomic mass is 19.1. The fourth-order valence-corrected chi connectivity index (χ4v) is 3.90. The molecule has 9 heteroatoms. The van der Waals surface area contributed by atoms with Gasteiger partial charge in [0.05, 0.1) is 29.7 Å². The van der Waals surface area contributed by atoms with Crippen molar-refractivity contribution in [1.29, 1.82) is 0 Å². The molecule has 0 bridgehead atoms. The van der Waals surface area contributed by atoms with Gasteiger partial charge in [0.15, 0.2) is 0 Å². The first kappa shape index (κ1) is 20.6. The molecule has 0 aliphatic carbocycles. The molecular formula is C24H19F2N5O2. The van der Waals surface area contributed by atoms with E-state index >= 15 is 0 Å². The van der Waals surface area contributed by atoms with Crippen LogP contribution in [0.15, 0.2) is 48.7 Å². The van der Waals surface area contributed by atoms with Gasteiger partial charge in [0, 0.05) is 29.8 Å². The normalized spacial score (nSPS) is 11.3. The first-order valence-corrected chi connectivity index (χ1v) is 10.1. The Hall–Kier alpha value is -4.27. The number of rotatable bonds is 4. The van der Waals surface area contributed by atoms with Crippen molar-refractivity contribution in [1.82, 2.24) is 20.0 Å². The topological polar surface area (TPSA) is 84.8 Å². The summed E-state index contributed by atoms with van der Waals surface area (Å²) in [5.74, 6) is -2.11. The van der Waals surface area contributed by atoms with Crippen LogP contribution in [0.5, 0.6) is 5.75 Å². The molecule has 33 heavy (non-hydrogen) atoms. The van der Waals surface area contributed by atoms with Crippen molar-refractivity contribution in [2.24, 2.45) is 7.05 Å². The van der Waals surface area contributed by atoms with Crippen molar-refractivity contribution in [3.8, 4) is 17.0 Å². The zero-order valence-electron chi connectivity index (χ0n) is 18.0. The molecule has 5 rings (SSSR count). The molecule has 0 saturated carbocycles. The van der Waals surface area contributed by atoms with Crippen LogP contribution in [-0.4, -0.2) is 33.0 Å². The quantitative estimate of drug-likeness (QED) is 0.408. The molecule has 0 aliphatic rings. The van der Waals surface area contributed by atoms with Crippen molar-refractivity contribution < 1.29 is 18.3 Å². The van der Waals surface area contributed by atoms with Gasteiger partial charge in [-0.05, 0) is 42.8 Å². The molecule has 0 radical (unpaired) electrons. The van der Waals surface area contributed by atoms with Gasteiger partial charge >= 0.3 is 0 Å². The summed E-state index contributed by atoms with van der Waals surface area (Å²) in [6.45, 7) is 1.96. The third-order valence-electron chi connectivity index (χ3n) is 5.69. The second-order valence-electron chi connectivity index (χ2n) is 7.72. The fraction of sp³-hybridized carbons (Fsp3) is 0.125. The zero-order chi connectivity index (χ0) is 23.3. The predicted molar refractivity (Wildman–Crippen MR) is 121 cm³/mol. The van der Waals surface area contributed by atoms with Crippen molar-refractivity contribution in [2.75, 3.05) is 12.4 Å². The van der Waals surface area contributed by atoms with E-state index in [0.717, 1.165) is 28.1 Å². The molecule has 2 heterocycles. The predicted octanol–water partition coefficient (Wildman–Crippen LogP) is 4.96. The van der Waals surface area contributed by atoms with Crippen LogP contribution in [0, 0.1) is 18.6 Å². The van der Waals surface area contributed by atoms with Gasteiger partial charge in [0.25, 0.3) is 5.91 Å². The first-order chi connectivity index (χ1) is 15.9. The number of benzene rings is 3. The lowest BCUT2D eigenvalue weighted by Crippen LogP contribution is -2.16. The summed E-state index contributed by atoms with van der Waals surface area (Å²) < 4.78 is 36.2. The number of nitrogens with one attached hydrogen (secondary N) is 2. The Kier molecular flexibility index (Phi) is 4.81. The highest BCUT2D eigenvalue weighted by Gasteiger charge is 2.23. The maximum Gasteiger partial charge on any atom is 0.261 e. The minimum atomic E-state index is -0.960. The summed E-state index contributed by atoms with van der Waals surface area (Å²) in [5, 5.41) is 14.7. The lowest BCUT2D eigenvalue weighted by molar-refractivity contribution is 0.101. The van der Waals surface area contributed by atoms with Crippen LogP contribution in [0.25, 0.3) is 33.1 Å². The van der Waals surface area contributed by atoms with Gasteiger partial charge in [0.1, 0.15) is 28.6 Å². The Bertz CT molecular complexity index is 1550. The summed E-state index contributed by atoms with van der Waals surface area (Å²) in [6, 6.07) is 11.9. The monoisotopic (exact) mass is 447 g/mol. The number of methoxy groups -OCH3 is 1. The summed E-state index contributed by atoms with van der Waals surface area (Å²) in [5.41, 5.74) is 3.26. The van der Waals surface area contributed by atoms with Gasteiger partial charge < -0.3 is 10.1 Å². The number of fused-ring (bicyclic) bond motifs is 2. The summed E-state index contributed by atoms with van der Waals surface area (Å²) in [7, 11) is 3.16. The smallest absolute Gasteiger partial charge is 0.261 e. The van der Waals surface area contributed by atoms with Gasteiger partial charge in [-0.15, -0.1) is 0 Å². The Labute approximate surface area is 187 Å². The molecular weight excluding hydrogens is 428 g/mol. The molecule has 0 spiro atoms. The first-order valence-electron chi connectivity index (χ1n) is 10.1. The van der Waals surface area contributed by atoms with E-state index in [1.165, 1.54) is 10.9 Å². The number of aromatic nitrogens is 4. The van der Waals surface area contributed by atoms with E-state index in [1.807, 2.05) is 25.1 Å². The fourth-order valence-electron chi connectivity index (χ4n) is 3.90. The number of nitrogens with zero attached hydrogens (tertiary/aromatic N) is 3. The molecule has 2 aromatic heterocycles. The van der Waals surface area contributed by atoms with Gasteiger partial charge in [-0.1, -0.05) is 6.07 Å². The Balaban J connectivity index is 1.54. The molecule has 3 aromatic carbocycles. The van der Waals surface area contributed by atoms with Gasteiger partial charge in [-0.25, -0.2) is 8.78 Å². The van der Waals surface area contributed by atoms with Crippen molar-refractivity contribution in [3.05, 3.63) is 71.4 Å². The lowest BCUT2D eigenvalue weighted by atomic mass is 10.0. The second kappa shape index (κ2) is 7.70. The molecule has 0 aliphatic heterocycles. The van der Waals surface area contributed by atoms with E-state index in [0.29, 0.717) is 17.1 Å². The molecule has 166 valence electrons. The van der Waals surface area contributed by atoms with Crippen molar-refractivity contribution >= 4 is 33.4 Å². The largest absolute Gasteiger partial charge is 0.497 e. The third kappa shape index (κ3) is 3.38. The number of aromatic amines is 1. The van der Waals surface area contributed by atoms with E-state index in [1.54, 1.807) is 32.4 Å². The highest BCUT2D eigenvalue weighted by Crippen LogP contribution is 2.33. The van der Waals surface area contributed by atoms with Gasteiger partial charge in [-0.3, -0.25) is 14.6 Å². The molecule has 5 aromatic rings. The number of anilines is 1. The van der Waals surface area contributed by atoms with E-state index < -0.39 is 23.1 Å². The Morgan fingerprint density at radius 1 is 1.12 bits per heavy atom. The number of halogens is 2. The number of aryl methyl sites for hydroxylation is 2. The molecule has 0 atom stereocenters. The average Bonchev–Trinajstić information content (AvgIpc) is 3.38. The zero-order valence-corrected chi connectivity index (χ0v) is 18.0. The van der Waals surface area contributed by atoms with E-state index in [4.69, 9.17) is 4.74 Å². The van der Waals surface area contributed by atoms with Crippen LogP contribution < -0.4 is 10.1 Å². The molecule has 0 unspecified atom stereocenters. The maximum absolute atomic E-state index is 14.9. The molecule has 2 N–H and O–H groups in total. The molecule has 0 fully saturated rings. The van der Waals surface area contributed by atoms with Crippen LogP contribution in [0.4, 0.5) is 14.5 Å². The van der Waals surface area contributed by atoms with Gasteiger partial charge in [0.2, 0.25) is 0 Å². The summed E-state index contributed by atoms with van der Waals surface area (Å²) in [4.78, 5) is 12.8. The molecule has 1 amide bonds. The minimum Gasteiger partial charge on any atom is -0.497 e. The SMILES string of the molecule is COc1ccc(C)c(-c2n[nH]c3ccc(NC(=O)c4c(F)cc5c(cnn5C)c4F)cc23)c1. The van der Waals surface area contributed by atoms with E-state index in [2.05, 4.69) is 20.6 Å². The van der Waals surface area contributed by atoms with E-state index in [-0.39, 0.29) is 10.9 Å². The number of hydrogen-bond donors (Lipinski definition) is 2. The summed E-state index contributed by atoms with van der Waals surface area (Å²) in [6.07, 6.45) is 1.27. The number of H-pyrrole nitrogens is 1. The number of hydrogen-bond acceptors (Lipinski definition) is 4. The Morgan fingerprint density at radius 3 is 2.73 bits per heavy atom. The molecule has 7 nitrogen and oxygen atoms in total. The number of carbonyl (C=O) groups is 1. The molecule has 0 saturated heterocycles. The third-order valence-corrected chi connectivity index (χ3v) is 5.69. The number of carbonyl (C=O) groups excluding carboxylic acids is 1. The van der Waals surface area contributed by atoms with Crippen LogP contribution in [0.1, 0.15) is 15.9 Å². The second-order valence-corrected chi connectivity index (χ2v) is 7.72. The lowest BCUT2D eigenvalue weighted by Gasteiger charge is -2.09. The maximum atomic E-state index is 14.9. The van der Waals surface area contributed by atoms with Crippen LogP contribution in [0.2, 0.25) is 0 Å².